The molecule has 1 N–H and O–H groups in total. The zero-order valence-corrected chi connectivity index (χ0v) is 31.1. The molecule has 3 aliphatic heterocycles. The van der Waals surface area contributed by atoms with Gasteiger partial charge in [0.1, 0.15) is 46.6 Å². The van der Waals surface area contributed by atoms with E-state index in [0.717, 1.165) is 17.6 Å². The summed E-state index contributed by atoms with van der Waals surface area (Å²) in [5.41, 5.74) is 2.61. The fourth-order valence-electron chi connectivity index (χ4n) is 8.15. The number of hydrogen-bond donors (Lipinski definition) is 1. The van der Waals surface area contributed by atoms with E-state index in [1.165, 1.54) is 36.0 Å². The lowest BCUT2D eigenvalue weighted by atomic mass is 9.99. The highest BCUT2D eigenvalue weighted by Gasteiger charge is 2.42. The summed E-state index contributed by atoms with van der Waals surface area (Å²) in [6, 6.07) is 10.6. The molecule has 17 heteroatoms. The van der Waals surface area contributed by atoms with E-state index >= 15 is 8.78 Å². The Kier molecular flexibility index (Phi) is 8.63. The van der Waals surface area contributed by atoms with Crippen LogP contribution in [0.2, 0.25) is 0 Å². The number of ether oxygens (including phenoxy) is 1. The van der Waals surface area contributed by atoms with Gasteiger partial charge in [-0.3, -0.25) is 9.59 Å². The number of halogens is 3. The van der Waals surface area contributed by atoms with Crippen LogP contribution in [0.15, 0.2) is 54.7 Å². The Balaban J connectivity index is 1.17. The molecule has 4 aromatic heterocycles. The Bertz CT molecular complexity index is 2550. The highest BCUT2D eigenvalue weighted by Crippen LogP contribution is 2.37. The summed E-state index contributed by atoms with van der Waals surface area (Å²) in [5, 5.41) is 8.47. The van der Waals surface area contributed by atoms with E-state index in [0.29, 0.717) is 78.0 Å². The van der Waals surface area contributed by atoms with Gasteiger partial charge < -0.3 is 29.3 Å². The number of nitrogens with zero attached hydrogens (tertiary/aromatic N) is 10. The smallest absolute Gasteiger partial charge is 0.245 e. The molecular formula is C39H38F3N11O3. The van der Waals surface area contributed by atoms with Gasteiger partial charge in [0.25, 0.3) is 0 Å². The summed E-state index contributed by atoms with van der Waals surface area (Å²) in [5.74, 6) is -0.439. The van der Waals surface area contributed by atoms with Crippen molar-refractivity contribution in [3.05, 3.63) is 83.8 Å². The molecule has 3 aliphatic rings. The first-order chi connectivity index (χ1) is 26.9. The summed E-state index contributed by atoms with van der Waals surface area (Å²) in [4.78, 5) is 51.5. The molecule has 0 saturated carbocycles. The number of aryl methyl sites for hydroxylation is 1. The first-order valence-corrected chi connectivity index (χ1v) is 18.4. The Morgan fingerprint density at radius 2 is 1.77 bits per heavy atom. The molecule has 14 nitrogen and oxygen atoms in total. The van der Waals surface area contributed by atoms with E-state index in [-0.39, 0.29) is 41.7 Å². The van der Waals surface area contributed by atoms with Gasteiger partial charge in [0.2, 0.25) is 11.8 Å². The standard InChI is InChI=1S/C39H38F3N11O3/c1-20-44-31-12-24(41)10-27-30-6-5-7-34(46-30)45-25-13-33(39(55)49(3)18-26(56-4)19-51(20)35(27)31)52(17-25)37-28-14-43-53(32-9-8-23(40)11-29(32)42)38(28)48-36(47-37)22-15-50(16-22)21(2)54/h5-12,14,22,25-26,33H,13,15-19H2,1-4H3,(H,45,46)/t25-,26-,33-/m0/s1. The van der Waals surface area contributed by atoms with Crippen LogP contribution >= 0.6 is 0 Å². The highest BCUT2D eigenvalue weighted by molar-refractivity contribution is 5.94. The van der Waals surface area contributed by atoms with Crippen LogP contribution in [-0.2, 0) is 20.9 Å². The third-order valence-corrected chi connectivity index (χ3v) is 11.1. The number of carbonyl (C=O) groups is 2. The number of rotatable bonds is 4. The van der Waals surface area contributed by atoms with Crippen LogP contribution in [0.3, 0.4) is 0 Å². The number of imidazole rings is 1. The number of likely N-dealkylation sites (tertiary alicyclic amines) is 1. The highest BCUT2D eigenvalue weighted by atomic mass is 19.1. The average molecular weight is 766 g/mol. The van der Waals surface area contributed by atoms with Crippen LogP contribution in [0.4, 0.5) is 24.8 Å². The van der Waals surface area contributed by atoms with E-state index < -0.39 is 29.6 Å². The van der Waals surface area contributed by atoms with E-state index in [9.17, 15) is 14.0 Å². The van der Waals surface area contributed by atoms with Crippen molar-refractivity contribution in [2.24, 2.45) is 0 Å². The maximum absolute atomic E-state index is 15.2. The van der Waals surface area contributed by atoms with Crippen LogP contribution in [0.1, 0.15) is 30.9 Å². The van der Waals surface area contributed by atoms with Gasteiger partial charge in [-0.1, -0.05) is 6.07 Å². The van der Waals surface area contributed by atoms with Crippen molar-refractivity contribution in [3.63, 3.8) is 0 Å². The number of nitrogens with one attached hydrogen (secondary N) is 1. The van der Waals surface area contributed by atoms with Crippen LogP contribution in [0, 0.1) is 24.4 Å². The molecule has 6 aromatic rings. The van der Waals surface area contributed by atoms with Crippen LogP contribution in [-0.4, -0.2) is 114 Å². The summed E-state index contributed by atoms with van der Waals surface area (Å²) < 4.78 is 53.5. The molecule has 7 heterocycles. The van der Waals surface area contributed by atoms with Gasteiger partial charge in [0.05, 0.1) is 46.9 Å². The molecule has 0 radical (unpaired) electrons. The number of amides is 2. The van der Waals surface area contributed by atoms with Crippen molar-refractivity contribution >= 4 is 45.5 Å². The second kappa shape index (κ2) is 13.6. The zero-order valence-electron chi connectivity index (χ0n) is 31.1. The Morgan fingerprint density at radius 1 is 0.946 bits per heavy atom. The van der Waals surface area contributed by atoms with Gasteiger partial charge in [-0.15, -0.1) is 0 Å². The van der Waals surface area contributed by atoms with Gasteiger partial charge in [-0.25, -0.2) is 37.8 Å². The molecule has 288 valence electrons. The molecule has 4 bridgehead atoms. The SMILES string of the molecule is CO[C@H]1CN(C)C(=O)[C@@H]2C[C@@H](CN2c2nc(C3CN(C(C)=O)C3)nc3c2cnn3-c2ccc(F)cc2F)Nc2cccc(n2)-c2cc(F)cc3nc(C)n(c23)C1. The Hall–Kier alpha value is -6.10. The molecule has 2 amide bonds. The third kappa shape index (κ3) is 6.06. The van der Waals surface area contributed by atoms with Gasteiger partial charge in [-0.05, 0) is 43.7 Å². The minimum Gasteiger partial charge on any atom is -0.378 e. The van der Waals surface area contributed by atoms with Gasteiger partial charge >= 0.3 is 0 Å². The number of benzene rings is 2. The molecule has 56 heavy (non-hydrogen) atoms. The normalized spacial score (nSPS) is 20.3. The summed E-state index contributed by atoms with van der Waals surface area (Å²) >= 11 is 0. The van der Waals surface area contributed by atoms with E-state index in [4.69, 9.17) is 19.7 Å². The molecule has 9 rings (SSSR count). The lowest BCUT2D eigenvalue weighted by Crippen LogP contribution is -2.49. The summed E-state index contributed by atoms with van der Waals surface area (Å²) in [6.07, 6.45) is 1.42. The molecular weight excluding hydrogens is 727 g/mol. The minimum atomic E-state index is -0.823. The van der Waals surface area contributed by atoms with Gasteiger partial charge in [0, 0.05) is 71.0 Å². The molecule has 2 aromatic carbocycles. The number of fused-ring (bicyclic) bond motifs is 6. The van der Waals surface area contributed by atoms with Crippen molar-refractivity contribution in [1.82, 2.24) is 44.1 Å². The number of anilines is 2. The monoisotopic (exact) mass is 765 g/mol. The lowest BCUT2D eigenvalue weighted by molar-refractivity contribution is -0.133. The van der Waals surface area contributed by atoms with E-state index in [1.54, 1.807) is 24.0 Å². The summed E-state index contributed by atoms with van der Waals surface area (Å²) in [7, 11) is 3.32. The fraction of sp³-hybridized carbons (Fsp3) is 0.359. The first kappa shape index (κ1) is 35.6. The topological polar surface area (TPSA) is 139 Å². The largest absolute Gasteiger partial charge is 0.378 e. The van der Waals surface area contributed by atoms with Crippen molar-refractivity contribution < 1.29 is 27.5 Å². The second-order valence-corrected chi connectivity index (χ2v) is 14.7. The van der Waals surface area contributed by atoms with E-state index in [1.807, 2.05) is 34.6 Å². The van der Waals surface area contributed by atoms with Crippen LogP contribution in [0.5, 0.6) is 0 Å². The molecule has 0 spiro atoms. The number of likely N-dealkylation sites (N-methyl/N-ethyl adjacent to an activating group) is 1. The number of methoxy groups -OCH3 is 1. The van der Waals surface area contributed by atoms with Gasteiger partial charge in [-0.2, -0.15) is 5.10 Å². The molecule has 0 aliphatic carbocycles. The predicted octanol–water partition coefficient (Wildman–Crippen LogP) is 4.45. The van der Waals surface area contributed by atoms with Crippen molar-refractivity contribution in [3.8, 4) is 16.9 Å². The van der Waals surface area contributed by atoms with Crippen LogP contribution in [0.25, 0.3) is 39.0 Å². The maximum Gasteiger partial charge on any atom is 0.245 e. The summed E-state index contributed by atoms with van der Waals surface area (Å²) in [6.45, 7) is 5.01. The quantitative estimate of drug-likeness (QED) is 0.274. The van der Waals surface area contributed by atoms with Crippen LogP contribution < -0.4 is 10.2 Å². The van der Waals surface area contributed by atoms with Gasteiger partial charge in [0.15, 0.2) is 11.5 Å². The van der Waals surface area contributed by atoms with Crippen molar-refractivity contribution in [2.45, 2.75) is 50.9 Å². The molecule has 2 fully saturated rings. The molecule has 3 atom stereocenters. The fourth-order valence-corrected chi connectivity index (χ4v) is 8.15. The number of hydrogen-bond acceptors (Lipinski definition) is 10. The van der Waals surface area contributed by atoms with E-state index in [2.05, 4.69) is 15.4 Å². The lowest BCUT2D eigenvalue weighted by Gasteiger charge is -2.38. The Labute approximate surface area is 318 Å². The second-order valence-electron chi connectivity index (χ2n) is 14.7. The average Bonchev–Trinajstić information content (AvgIpc) is 3.84. The Morgan fingerprint density at radius 3 is 2.54 bits per heavy atom. The molecule has 2 saturated heterocycles. The number of carbonyl (C=O) groups excluding carboxylic acids is 2. The third-order valence-electron chi connectivity index (χ3n) is 11.1. The first-order valence-electron chi connectivity index (χ1n) is 18.4. The number of aromatic nitrogens is 7. The molecule has 0 unspecified atom stereocenters. The van der Waals surface area contributed by atoms with Crippen molar-refractivity contribution in [2.75, 3.05) is 50.6 Å². The zero-order chi connectivity index (χ0) is 39.0. The minimum absolute atomic E-state index is 0.00541. The van der Waals surface area contributed by atoms with Crippen molar-refractivity contribution in [1.29, 1.82) is 0 Å². The maximum atomic E-state index is 15.2. The predicted molar refractivity (Wildman–Crippen MR) is 201 cm³/mol. The number of pyridine rings is 1.